The Hall–Kier alpha value is -5.23. The molecule has 2 saturated heterocycles. The summed E-state index contributed by atoms with van der Waals surface area (Å²) in [4.78, 5) is 171. The Balaban J connectivity index is 2.95. The van der Waals surface area contributed by atoms with Crippen molar-refractivity contribution in [1.29, 1.82) is 0 Å². The molecule has 0 bridgehead atoms. The number of ether oxygens (including phenoxy) is 2. The fraction of sp³-hybridized carbons (Fsp3) is 0.847. The number of aliphatic hydroxyl groups excluding tert-OH is 2. The van der Waals surface area contributed by atoms with Crippen molar-refractivity contribution in [3.63, 3.8) is 0 Å². The summed E-state index contributed by atoms with van der Waals surface area (Å²) in [5.74, 6) is -12.1. The van der Waals surface area contributed by atoms with E-state index < -0.39 is 167 Å². The topological polar surface area (TPSA) is 290 Å². The predicted octanol–water partition coefficient (Wildman–Crippen LogP) is 6.39. The van der Waals surface area contributed by atoms with E-state index in [1.54, 1.807) is 62.3 Å². The normalized spacial score (nSPS) is 27.6. The Morgan fingerprint density at radius 1 is 0.516 bits per heavy atom. The number of Topliss-reactive ketones (excluding diaryl/α,β-unsaturated/α-hetero) is 4. The van der Waals surface area contributed by atoms with E-state index in [1.165, 1.54) is 61.8 Å². The number of nitrogens with zero attached hydrogens (tertiary/aromatic N) is 6. The number of hydrogen-bond donors (Lipinski definition) is 4. The van der Waals surface area contributed by atoms with E-state index in [0.29, 0.717) is 45.3 Å². The Labute approximate surface area is 570 Å². The number of ketones is 4. The maximum Gasteiger partial charge on any atom is 0.246 e. The van der Waals surface area contributed by atoms with Gasteiger partial charge in [-0.3, -0.25) is 57.6 Å². The van der Waals surface area contributed by atoms with Crippen LogP contribution in [0.15, 0.2) is 0 Å². The van der Waals surface area contributed by atoms with E-state index in [2.05, 4.69) is 15.5 Å². The maximum absolute atomic E-state index is 15.3. The zero-order valence-corrected chi connectivity index (χ0v) is 62.2. The van der Waals surface area contributed by atoms with Crippen molar-refractivity contribution in [1.82, 2.24) is 40.0 Å². The highest BCUT2D eigenvalue weighted by atomic mass is 16.5. The lowest BCUT2D eigenvalue weighted by Gasteiger charge is -2.40. The molecule has 2 aliphatic rings. The molecule has 4 N–H and O–H groups in total. The average Bonchev–Trinajstić information content (AvgIpc) is 0.822. The molecular weight excluding hydrogens is 1220 g/mol. The van der Waals surface area contributed by atoms with Gasteiger partial charge in [0.05, 0.1) is 43.5 Å². The molecule has 546 valence electrons. The lowest BCUT2D eigenvalue weighted by molar-refractivity contribution is -0.155. The molecule has 0 aromatic rings. The molecule has 0 spiro atoms. The number of carbonyl (C=O) groups excluding carboxylic acids is 11. The molecule has 23 heteroatoms. The van der Waals surface area contributed by atoms with Crippen molar-refractivity contribution in [2.24, 2.45) is 59.2 Å². The molecule has 23 nitrogen and oxygen atoms in total. The summed E-state index contributed by atoms with van der Waals surface area (Å²) >= 11 is 0. The van der Waals surface area contributed by atoms with Gasteiger partial charge in [-0.2, -0.15) is 0 Å². The first-order valence-corrected chi connectivity index (χ1v) is 35.6. The zero-order chi connectivity index (χ0) is 72.5. The highest BCUT2D eigenvalue weighted by Crippen LogP contribution is 2.30. The van der Waals surface area contributed by atoms with Gasteiger partial charge in [-0.05, 0) is 107 Å². The van der Waals surface area contributed by atoms with Crippen LogP contribution in [-0.2, 0) is 62.2 Å². The van der Waals surface area contributed by atoms with E-state index in [4.69, 9.17) is 9.47 Å². The molecule has 2 rings (SSSR count). The minimum atomic E-state index is -1.60. The lowest BCUT2D eigenvalue weighted by Crippen LogP contribution is -2.62. The number of hydrogen-bond acceptors (Lipinski definition) is 16. The summed E-state index contributed by atoms with van der Waals surface area (Å²) in [5.41, 5.74) is 0. The first-order valence-electron chi connectivity index (χ1n) is 35.6. The third-order valence-corrected chi connectivity index (χ3v) is 19.4. The minimum absolute atomic E-state index is 0.0264. The van der Waals surface area contributed by atoms with Crippen molar-refractivity contribution in [2.45, 2.75) is 255 Å². The van der Waals surface area contributed by atoms with Gasteiger partial charge in [0.1, 0.15) is 24.2 Å². The van der Waals surface area contributed by atoms with Gasteiger partial charge in [0.2, 0.25) is 41.4 Å². The summed E-state index contributed by atoms with van der Waals surface area (Å²) in [5, 5.41) is 27.4. The number of aliphatic hydroxyl groups is 2. The summed E-state index contributed by atoms with van der Waals surface area (Å²) in [7, 11) is 7.29. The second-order valence-electron chi connectivity index (χ2n) is 29.8. The molecule has 14 atom stereocenters. The van der Waals surface area contributed by atoms with Crippen LogP contribution in [0.2, 0.25) is 0 Å². The Morgan fingerprint density at radius 3 is 1.57 bits per heavy atom. The Morgan fingerprint density at radius 2 is 1.04 bits per heavy atom. The monoisotopic (exact) mass is 1340 g/mol. The zero-order valence-electron chi connectivity index (χ0n) is 62.2. The standard InChI is InChI=1S/C72H128N8O15/c1-22-55-58(82)40-50(14)68(89)78(20)63(52(16)95-33-27-25-29-80-30-34-94-35-31-80)61(85)42-54(46(8)9)71(92)76(18)56(37-44(4)5)59(83)39-49(13)66(87)73-51(15)69(90)75(17)57(38-45(6)7)60(84)41-53(36-43(2)3)70(91)77(19)62(47(10)11)72(93)79(21)64(67(88)74-55)65(86)48(12)28-24-23-26-32-81/h43-57,62-65,81,86H,22-42H2,1-21H3,(H,73,87)(H,74,88)/t48-,49-,50+,51-,52-,53-,54+,55+,56+,57+,62+,63+,64+,65-/m1/s1. The van der Waals surface area contributed by atoms with Crippen molar-refractivity contribution >= 4 is 64.5 Å². The van der Waals surface area contributed by atoms with Gasteiger partial charge in [0.25, 0.3) is 0 Å². The molecule has 0 unspecified atom stereocenters. The SMILES string of the molecule is CC[C@@H]1NC(=O)[C@H]([C@H](O)[C@H](C)CCCCCO)N(C)C(=O)[C@H](C(C)C)N(C)C(=O)[C@H](CC(C)C)CC(=O)[C@H](CC(C)C)N(C)C(=O)[C@@H](C)NC(=O)[C@H](C)CC(=O)[C@H](CC(C)C)N(C)C(=O)[C@H](C(C)C)CC(=O)[C@H]([C@@H](C)OCCCCN2CCOCC2)N(C)C(=O)[C@@H](C)CC1=O. The average molecular weight is 1350 g/mol. The molecule has 2 heterocycles. The summed E-state index contributed by atoms with van der Waals surface area (Å²) in [6.45, 7) is 32.2. The van der Waals surface area contributed by atoms with Crippen LogP contribution >= 0.6 is 0 Å². The van der Waals surface area contributed by atoms with Crippen LogP contribution in [-0.4, -0.2) is 240 Å². The molecule has 7 amide bonds. The van der Waals surface area contributed by atoms with Crippen molar-refractivity contribution in [2.75, 3.05) is 81.3 Å². The van der Waals surface area contributed by atoms with Crippen LogP contribution in [0.5, 0.6) is 0 Å². The molecule has 0 aromatic heterocycles. The van der Waals surface area contributed by atoms with Crippen LogP contribution in [0, 0.1) is 59.2 Å². The third-order valence-electron chi connectivity index (χ3n) is 19.4. The minimum Gasteiger partial charge on any atom is -0.396 e. The van der Waals surface area contributed by atoms with Gasteiger partial charge >= 0.3 is 0 Å². The predicted molar refractivity (Wildman–Crippen MR) is 367 cm³/mol. The number of carbonyl (C=O) groups is 11. The second-order valence-corrected chi connectivity index (χ2v) is 29.8. The third kappa shape index (κ3) is 26.5. The summed E-state index contributed by atoms with van der Waals surface area (Å²) in [6, 6.07) is -8.50. The second kappa shape index (κ2) is 41.9. The lowest BCUT2D eigenvalue weighted by atomic mass is 9.85. The van der Waals surface area contributed by atoms with Gasteiger partial charge in [-0.1, -0.05) is 110 Å². The number of morpholine rings is 1. The molecule has 2 fully saturated rings. The van der Waals surface area contributed by atoms with Crippen LogP contribution in [0.25, 0.3) is 0 Å². The first kappa shape index (κ1) is 85.9. The number of amides is 7. The number of likely N-dealkylation sites (N-methyl/N-ethyl adjacent to an activating group) is 5. The van der Waals surface area contributed by atoms with E-state index in [9.17, 15) is 43.8 Å². The molecule has 0 aromatic carbocycles. The van der Waals surface area contributed by atoms with Crippen molar-refractivity contribution in [3.05, 3.63) is 0 Å². The number of rotatable bonds is 23. The van der Waals surface area contributed by atoms with Gasteiger partial charge in [-0.15, -0.1) is 0 Å². The fourth-order valence-corrected chi connectivity index (χ4v) is 13.5. The van der Waals surface area contributed by atoms with Crippen LogP contribution in [0.4, 0.5) is 0 Å². The quantitative estimate of drug-likeness (QED) is 0.0806. The van der Waals surface area contributed by atoms with Gasteiger partial charge < -0.3 is 54.8 Å². The van der Waals surface area contributed by atoms with E-state index in [-0.39, 0.29) is 75.9 Å². The molecular formula is C72H128N8O15. The molecule has 0 aliphatic carbocycles. The largest absolute Gasteiger partial charge is 0.396 e. The van der Waals surface area contributed by atoms with Crippen molar-refractivity contribution in [3.8, 4) is 0 Å². The highest BCUT2D eigenvalue weighted by Gasteiger charge is 2.45. The van der Waals surface area contributed by atoms with Gasteiger partial charge in [0.15, 0.2) is 23.1 Å². The molecule has 0 saturated carbocycles. The van der Waals surface area contributed by atoms with Crippen LogP contribution in [0.1, 0.15) is 201 Å². The van der Waals surface area contributed by atoms with E-state index >= 15 is 19.2 Å². The number of unbranched alkanes of at least 4 members (excludes halogenated alkanes) is 3. The molecule has 2 aliphatic heterocycles. The van der Waals surface area contributed by atoms with E-state index in [0.717, 1.165) is 31.0 Å². The Kier molecular flexibility index (Phi) is 37.9. The maximum atomic E-state index is 15.3. The smallest absolute Gasteiger partial charge is 0.246 e. The van der Waals surface area contributed by atoms with Gasteiger partial charge in [0, 0.05) is 111 Å². The van der Waals surface area contributed by atoms with E-state index in [1.807, 2.05) is 41.5 Å². The van der Waals surface area contributed by atoms with Gasteiger partial charge in [-0.25, -0.2) is 0 Å². The molecule has 0 radical (unpaired) electrons. The van der Waals surface area contributed by atoms with Crippen LogP contribution < -0.4 is 10.6 Å². The number of nitrogens with one attached hydrogen (secondary N) is 2. The summed E-state index contributed by atoms with van der Waals surface area (Å²) < 4.78 is 11.9. The fourth-order valence-electron chi connectivity index (χ4n) is 13.5. The highest BCUT2D eigenvalue weighted by molar-refractivity contribution is 6.00. The Bertz CT molecular complexity index is 2490. The molecule has 95 heavy (non-hydrogen) atoms. The summed E-state index contributed by atoms with van der Waals surface area (Å²) in [6.07, 6.45) is 0.603. The van der Waals surface area contributed by atoms with Crippen LogP contribution in [0.3, 0.4) is 0 Å². The van der Waals surface area contributed by atoms with Crippen molar-refractivity contribution < 1.29 is 72.4 Å². The first-order chi connectivity index (χ1) is 44.4.